The van der Waals surface area contributed by atoms with E-state index in [1.807, 2.05) is 6.92 Å². The smallest absolute Gasteiger partial charge is 0.191 e. The lowest BCUT2D eigenvalue weighted by Crippen LogP contribution is -2.37. The van der Waals surface area contributed by atoms with Gasteiger partial charge < -0.3 is 20.1 Å². The zero-order chi connectivity index (χ0) is 19.2. The van der Waals surface area contributed by atoms with E-state index in [1.54, 1.807) is 0 Å². The van der Waals surface area contributed by atoms with Crippen LogP contribution in [0.15, 0.2) is 29.3 Å². The lowest BCUT2D eigenvalue weighted by atomic mass is 10.1. The van der Waals surface area contributed by atoms with Gasteiger partial charge in [-0.2, -0.15) is 0 Å². The highest BCUT2D eigenvalue weighted by atomic mass is 127. The van der Waals surface area contributed by atoms with Crippen molar-refractivity contribution in [1.82, 2.24) is 15.5 Å². The number of guanidine groups is 1. The second kappa shape index (κ2) is 16.0. The van der Waals surface area contributed by atoms with Crippen LogP contribution in [0.3, 0.4) is 0 Å². The van der Waals surface area contributed by atoms with Crippen LogP contribution < -0.4 is 10.6 Å². The van der Waals surface area contributed by atoms with Gasteiger partial charge in [0.1, 0.15) is 0 Å². The van der Waals surface area contributed by atoms with Gasteiger partial charge in [-0.1, -0.05) is 24.3 Å². The van der Waals surface area contributed by atoms with Gasteiger partial charge in [0.2, 0.25) is 0 Å². The molecule has 0 aromatic heterocycles. The van der Waals surface area contributed by atoms with E-state index >= 15 is 0 Å². The number of aliphatic imine (C=N–C) groups is 1. The number of unbranched alkanes of at least 4 members (excludes halogenated alkanes) is 1. The van der Waals surface area contributed by atoms with Gasteiger partial charge >= 0.3 is 0 Å². The Morgan fingerprint density at radius 2 is 1.79 bits per heavy atom. The first-order valence-electron chi connectivity index (χ1n) is 10.3. The number of benzene rings is 1. The molecular weight excluding hydrogens is 467 g/mol. The van der Waals surface area contributed by atoms with E-state index in [0.717, 1.165) is 78.0 Å². The summed E-state index contributed by atoms with van der Waals surface area (Å²) in [5.74, 6) is 0.881. The van der Waals surface area contributed by atoms with Crippen molar-refractivity contribution in [1.29, 1.82) is 0 Å². The molecule has 0 amide bonds. The summed E-state index contributed by atoms with van der Waals surface area (Å²) >= 11 is 0. The highest BCUT2D eigenvalue weighted by molar-refractivity contribution is 14.0. The number of ether oxygens (including phenoxy) is 2. The van der Waals surface area contributed by atoms with Crippen molar-refractivity contribution in [3.05, 3.63) is 35.4 Å². The van der Waals surface area contributed by atoms with Crippen LogP contribution in [0.1, 0.15) is 37.8 Å². The summed E-state index contributed by atoms with van der Waals surface area (Å²) in [6.45, 7) is 13.0. The first-order valence-corrected chi connectivity index (χ1v) is 10.3. The fraction of sp³-hybridized carbons (Fsp3) is 0.667. The molecule has 0 aliphatic carbocycles. The van der Waals surface area contributed by atoms with Crippen molar-refractivity contribution in [3.63, 3.8) is 0 Å². The molecule has 1 aromatic rings. The fourth-order valence-corrected chi connectivity index (χ4v) is 2.96. The molecule has 0 radical (unpaired) electrons. The first-order chi connectivity index (χ1) is 13.3. The third-order valence-corrected chi connectivity index (χ3v) is 4.51. The molecule has 0 bridgehead atoms. The Labute approximate surface area is 187 Å². The zero-order valence-corrected chi connectivity index (χ0v) is 19.7. The molecule has 160 valence electrons. The van der Waals surface area contributed by atoms with Crippen LogP contribution in [0.5, 0.6) is 0 Å². The number of rotatable bonds is 11. The molecule has 1 fully saturated rings. The summed E-state index contributed by atoms with van der Waals surface area (Å²) < 4.78 is 10.8. The van der Waals surface area contributed by atoms with E-state index in [-0.39, 0.29) is 24.0 Å². The van der Waals surface area contributed by atoms with Crippen LogP contribution in [0, 0.1) is 0 Å². The summed E-state index contributed by atoms with van der Waals surface area (Å²) in [6.07, 6.45) is 2.16. The minimum Gasteiger partial charge on any atom is -0.382 e. The van der Waals surface area contributed by atoms with Crippen LogP contribution in [0.25, 0.3) is 0 Å². The summed E-state index contributed by atoms with van der Waals surface area (Å²) in [4.78, 5) is 7.14. The molecule has 1 aliphatic heterocycles. The van der Waals surface area contributed by atoms with Crippen molar-refractivity contribution in [2.75, 3.05) is 52.6 Å². The normalized spacial score (nSPS) is 15.1. The zero-order valence-electron chi connectivity index (χ0n) is 17.4. The third-order valence-electron chi connectivity index (χ3n) is 4.51. The van der Waals surface area contributed by atoms with E-state index in [1.165, 1.54) is 11.1 Å². The molecule has 0 spiro atoms. The van der Waals surface area contributed by atoms with Crippen molar-refractivity contribution in [2.24, 2.45) is 4.99 Å². The molecule has 1 aliphatic rings. The predicted octanol–water partition coefficient (Wildman–Crippen LogP) is 3.01. The number of hydrogen-bond donors (Lipinski definition) is 2. The summed E-state index contributed by atoms with van der Waals surface area (Å²) in [6, 6.07) is 8.80. The largest absolute Gasteiger partial charge is 0.382 e. The van der Waals surface area contributed by atoms with Crippen molar-refractivity contribution >= 4 is 29.9 Å². The average Bonchev–Trinajstić information content (AvgIpc) is 2.70. The molecular formula is C21H37IN4O2. The fourth-order valence-electron chi connectivity index (χ4n) is 2.96. The number of morpholine rings is 1. The highest BCUT2D eigenvalue weighted by Gasteiger charge is 2.10. The lowest BCUT2D eigenvalue weighted by molar-refractivity contribution is 0.0342. The molecule has 7 heteroatoms. The highest BCUT2D eigenvalue weighted by Crippen LogP contribution is 2.10. The Kier molecular flexibility index (Phi) is 14.3. The Hall–Kier alpha value is -0.900. The molecule has 6 nitrogen and oxygen atoms in total. The molecule has 0 atom stereocenters. The van der Waals surface area contributed by atoms with Crippen LogP contribution >= 0.6 is 24.0 Å². The van der Waals surface area contributed by atoms with Gasteiger partial charge in [0.15, 0.2) is 5.96 Å². The summed E-state index contributed by atoms with van der Waals surface area (Å²) in [7, 11) is 0. The van der Waals surface area contributed by atoms with Gasteiger partial charge in [0.05, 0.1) is 19.8 Å². The second-order valence-electron chi connectivity index (χ2n) is 6.73. The van der Waals surface area contributed by atoms with Crippen molar-refractivity contribution in [3.8, 4) is 0 Å². The monoisotopic (exact) mass is 504 g/mol. The molecule has 2 rings (SSSR count). The number of nitrogens with zero attached hydrogens (tertiary/aromatic N) is 2. The molecule has 0 saturated carbocycles. The Balaban J connectivity index is 0.00000392. The van der Waals surface area contributed by atoms with Crippen molar-refractivity contribution < 1.29 is 9.47 Å². The summed E-state index contributed by atoms with van der Waals surface area (Å²) in [5, 5.41) is 6.71. The van der Waals surface area contributed by atoms with Crippen molar-refractivity contribution in [2.45, 2.75) is 39.8 Å². The Morgan fingerprint density at radius 3 is 2.46 bits per heavy atom. The predicted molar refractivity (Wildman–Crippen MR) is 126 cm³/mol. The standard InChI is InChI=1S/C21H36N4O2.HI/c1-3-22-21(23-11-5-6-14-26-4-2)24-17-19-7-9-20(10-8-19)18-25-12-15-27-16-13-25;/h7-10H,3-6,11-18H2,1-2H3,(H2,22,23,24);1H. The molecule has 28 heavy (non-hydrogen) atoms. The Bertz CT molecular complexity index is 534. The van der Waals surface area contributed by atoms with Crippen LogP contribution in [0.4, 0.5) is 0 Å². The van der Waals surface area contributed by atoms with E-state index in [2.05, 4.69) is 46.7 Å². The maximum Gasteiger partial charge on any atom is 0.191 e. The van der Waals surface area contributed by atoms with Gasteiger partial charge in [0.25, 0.3) is 0 Å². The van der Waals surface area contributed by atoms with Gasteiger partial charge in [-0.15, -0.1) is 24.0 Å². The second-order valence-corrected chi connectivity index (χ2v) is 6.73. The molecule has 1 saturated heterocycles. The maximum atomic E-state index is 5.41. The lowest BCUT2D eigenvalue weighted by Gasteiger charge is -2.26. The van der Waals surface area contributed by atoms with E-state index in [9.17, 15) is 0 Å². The van der Waals surface area contributed by atoms with E-state index < -0.39 is 0 Å². The van der Waals surface area contributed by atoms with Crippen LogP contribution in [0.2, 0.25) is 0 Å². The molecule has 1 aromatic carbocycles. The number of nitrogens with one attached hydrogen (secondary N) is 2. The minimum atomic E-state index is 0. The van der Waals surface area contributed by atoms with Gasteiger partial charge in [-0.05, 0) is 37.8 Å². The summed E-state index contributed by atoms with van der Waals surface area (Å²) in [5.41, 5.74) is 2.58. The van der Waals surface area contributed by atoms with Crippen LogP contribution in [-0.2, 0) is 22.6 Å². The Morgan fingerprint density at radius 1 is 1.07 bits per heavy atom. The topological polar surface area (TPSA) is 58.1 Å². The van der Waals surface area contributed by atoms with Gasteiger partial charge in [-0.3, -0.25) is 4.90 Å². The average molecular weight is 504 g/mol. The quantitative estimate of drug-likeness (QED) is 0.210. The first kappa shape index (κ1) is 25.1. The number of hydrogen-bond acceptors (Lipinski definition) is 4. The molecule has 1 heterocycles. The molecule has 0 unspecified atom stereocenters. The maximum absolute atomic E-state index is 5.41. The minimum absolute atomic E-state index is 0. The van der Waals surface area contributed by atoms with Crippen LogP contribution in [-0.4, -0.2) is 63.5 Å². The molecule has 2 N–H and O–H groups in total. The van der Waals surface area contributed by atoms with Gasteiger partial charge in [0, 0.05) is 45.9 Å². The third kappa shape index (κ3) is 10.6. The van der Waals surface area contributed by atoms with E-state index in [0.29, 0.717) is 6.54 Å². The van der Waals surface area contributed by atoms with E-state index in [4.69, 9.17) is 14.5 Å². The SMILES string of the molecule is CCNC(=NCc1ccc(CN2CCOCC2)cc1)NCCCCOCC.I. The van der Waals surface area contributed by atoms with Gasteiger partial charge in [-0.25, -0.2) is 4.99 Å². The number of halogens is 1.